The van der Waals surface area contributed by atoms with Crippen molar-refractivity contribution in [3.05, 3.63) is 107 Å². The van der Waals surface area contributed by atoms with Crippen LogP contribution in [0.5, 0.6) is 17.5 Å². The Hall–Kier alpha value is -4.71. The van der Waals surface area contributed by atoms with Crippen molar-refractivity contribution in [2.75, 3.05) is 59.0 Å². The fourth-order valence-electron chi connectivity index (χ4n) is 6.04. The molecule has 0 amide bonds. The molecule has 3 aromatic carbocycles. The predicted molar refractivity (Wildman–Crippen MR) is 190 cm³/mol. The van der Waals surface area contributed by atoms with Crippen LogP contribution in [0.1, 0.15) is 53.8 Å². The predicted octanol–water partition coefficient (Wildman–Crippen LogP) is 5.36. The topological polar surface area (TPSA) is 101 Å². The maximum Gasteiger partial charge on any atom is 0.336 e. The van der Waals surface area contributed by atoms with E-state index < -0.39 is 6.10 Å². The van der Waals surface area contributed by atoms with Crippen LogP contribution in [0.25, 0.3) is 5.65 Å². The minimum atomic E-state index is -0.953. The minimum absolute atomic E-state index is 0.237. The SMILES string of the molecule is CCCCOc1nc(N(Cc2ccc(OC)cc2)Cc2ccc(OC)cc2)c2ncc(C(O)c3cccc(CN4CCN(C)CC4)c3)n2n1. The van der Waals surface area contributed by atoms with Gasteiger partial charge in [0, 0.05) is 45.8 Å². The first-order valence-electron chi connectivity index (χ1n) is 17.0. The van der Waals surface area contributed by atoms with Gasteiger partial charge in [0.15, 0.2) is 11.5 Å². The highest BCUT2D eigenvalue weighted by Gasteiger charge is 2.24. The number of hydrogen-bond acceptors (Lipinski definition) is 10. The van der Waals surface area contributed by atoms with E-state index in [2.05, 4.69) is 40.8 Å². The van der Waals surface area contributed by atoms with E-state index >= 15 is 0 Å². The monoisotopic (exact) mass is 665 g/mol. The minimum Gasteiger partial charge on any atom is -0.497 e. The highest BCUT2D eigenvalue weighted by Crippen LogP contribution is 2.30. The van der Waals surface area contributed by atoms with Gasteiger partial charge in [0.05, 0.1) is 32.7 Å². The zero-order valence-corrected chi connectivity index (χ0v) is 29.0. The summed E-state index contributed by atoms with van der Waals surface area (Å²) in [7, 11) is 5.49. The average Bonchev–Trinajstić information content (AvgIpc) is 3.56. The van der Waals surface area contributed by atoms with Crippen molar-refractivity contribution in [2.24, 2.45) is 0 Å². The molecule has 1 N–H and O–H groups in total. The molecule has 1 fully saturated rings. The first kappa shape index (κ1) is 34.2. The lowest BCUT2D eigenvalue weighted by Crippen LogP contribution is -2.43. The van der Waals surface area contributed by atoms with Gasteiger partial charge in [-0.1, -0.05) is 61.9 Å². The Morgan fingerprint density at radius 2 is 1.51 bits per heavy atom. The Morgan fingerprint density at radius 3 is 2.12 bits per heavy atom. The van der Waals surface area contributed by atoms with E-state index in [4.69, 9.17) is 29.3 Å². The Bertz CT molecular complexity index is 1740. The molecule has 49 heavy (non-hydrogen) atoms. The van der Waals surface area contributed by atoms with Crippen LogP contribution < -0.4 is 19.1 Å². The van der Waals surface area contributed by atoms with Crippen molar-refractivity contribution in [3.63, 3.8) is 0 Å². The largest absolute Gasteiger partial charge is 0.497 e. The number of hydrogen-bond donors (Lipinski definition) is 1. The highest BCUT2D eigenvalue weighted by molar-refractivity contribution is 5.65. The quantitative estimate of drug-likeness (QED) is 0.147. The third kappa shape index (κ3) is 8.48. The number of benzene rings is 3. The Morgan fingerprint density at radius 1 is 0.857 bits per heavy atom. The maximum absolute atomic E-state index is 11.8. The molecule has 0 spiro atoms. The summed E-state index contributed by atoms with van der Waals surface area (Å²) >= 11 is 0. The van der Waals surface area contributed by atoms with Crippen molar-refractivity contribution in [1.82, 2.24) is 29.4 Å². The molecule has 258 valence electrons. The molecule has 1 unspecified atom stereocenters. The number of likely N-dealkylation sites (N-methyl/N-ethyl adjacent to an activating group) is 1. The second-order valence-corrected chi connectivity index (χ2v) is 12.6. The first-order valence-corrected chi connectivity index (χ1v) is 17.0. The zero-order chi connectivity index (χ0) is 34.2. The fraction of sp³-hybridized carbons (Fsp3) is 0.395. The number of unbranched alkanes of at least 4 members (excludes halogenated alkanes) is 1. The molecule has 5 aromatic rings. The fourth-order valence-corrected chi connectivity index (χ4v) is 6.04. The van der Waals surface area contributed by atoms with Crippen LogP contribution in [0, 0.1) is 0 Å². The second-order valence-electron chi connectivity index (χ2n) is 12.6. The number of aliphatic hydroxyl groups excluding tert-OH is 1. The Kier molecular flexibility index (Phi) is 11.2. The van der Waals surface area contributed by atoms with E-state index in [0.717, 1.165) is 73.8 Å². The molecule has 0 radical (unpaired) electrons. The lowest BCUT2D eigenvalue weighted by molar-refractivity contribution is 0.148. The second kappa shape index (κ2) is 16.1. The van der Waals surface area contributed by atoms with Crippen LogP contribution in [0.3, 0.4) is 0 Å². The van der Waals surface area contributed by atoms with E-state index in [0.29, 0.717) is 36.9 Å². The molecule has 1 saturated heterocycles. The van der Waals surface area contributed by atoms with Crippen LogP contribution in [-0.4, -0.2) is 88.5 Å². The van der Waals surface area contributed by atoms with Gasteiger partial charge in [-0.2, -0.15) is 4.98 Å². The third-order valence-corrected chi connectivity index (χ3v) is 8.99. The van der Waals surface area contributed by atoms with Gasteiger partial charge in [-0.25, -0.2) is 9.50 Å². The lowest BCUT2D eigenvalue weighted by atomic mass is 10.0. The van der Waals surface area contributed by atoms with E-state index in [1.165, 1.54) is 5.56 Å². The first-order chi connectivity index (χ1) is 23.9. The van der Waals surface area contributed by atoms with Crippen molar-refractivity contribution < 1.29 is 19.3 Å². The summed E-state index contributed by atoms with van der Waals surface area (Å²) in [4.78, 5) is 16.7. The van der Waals surface area contributed by atoms with E-state index in [1.807, 2.05) is 60.7 Å². The smallest absolute Gasteiger partial charge is 0.336 e. The van der Waals surface area contributed by atoms with Gasteiger partial charge < -0.3 is 29.1 Å². The molecular weight excluding hydrogens is 618 g/mol. The number of piperazine rings is 1. The van der Waals surface area contributed by atoms with Gasteiger partial charge in [0.1, 0.15) is 17.6 Å². The van der Waals surface area contributed by atoms with Crippen molar-refractivity contribution in [1.29, 1.82) is 0 Å². The number of methoxy groups -OCH3 is 2. The van der Waals surface area contributed by atoms with E-state index in [1.54, 1.807) is 24.9 Å². The number of anilines is 1. The summed E-state index contributed by atoms with van der Waals surface area (Å²) in [5.41, 5.74) is 5.18. The highest BCUT2D eigenvalue weighted by atomic mass is 16.5. The lowest BCUT2D eigenvalue weighted by Gasteiger charge is -2.32. The molecule has 1 aliphatic rings. The molecule has 2 aromatic heterocycles. The molecule has 0 saturated carbocycles. The number of aliphatic hydroxyl groups is 1. The number of nitrogens with zero attached hydrogens (tertiary/aromatic N) is 7. The third-order valence-electron chi connectivity index (χ3n) is 8.99. The van der Waals surface area contributed by atoms with E-state index in [-0.39, 0.29) is 6.01 Å². The van der Waals surface area contributed by atoms with Crippen LogP contribution >= 0.6 is 0 Å². The van der Waals surface area contributed by atoms with Gasteiger partial charge >= 0.3 is 6.01 Å². The molecule has 0 aliphatic carbocycles. The summed E-state index contributed by atoms with van der Waals surface area (Å²) in [6, 6.07) is 24.4. The van der Waals surface area contributed by atoms with Crippen molar-refractivity contribution >= 4 is 11.5 Å². The molecular formula is C38H47N7O4. The van der Waals surface area contributed by atoms with Gasteiger partial charge in [0.2, 0.25) is 0 Å². The van der Waals surface area contributed by atoms with Crippen molar-refractivity contribution in [3.8, 4) is 17.5 Å². The van der Waals surface area contributed by atoms with E-state index in [9.17, 15) is 5.11 Å². The van der Waals surface area contributed by atoms with Crippen LogP contribution in [0.15, 0.2) is 79.0 Å². The number of fused-ring (bicyclic) bond motifs is 1. The molecule has 3 heterocycles. The zero-order valence-electron chi connectivity index (χ0n) is 29.0. The summed E-state index contributed by atoms with van der Waals surface area (Å²) in [5, 5.41) is 16.6. The molecule has 11 heteroatoms. The van der Waals surface area contributed by atoms with Crippen LogP contribution in [0.2, 0.25) is 0 Å². The number of rotatable bonds is 15. The summed E-state index contributed by atoms with van der Waals surface area (Å²) < 4.78 is 18.6. The van der Waals surface area contributed by atoms with Gasteiger partial charge in [-0.3, -0.25) is 4.90 Å². The van der Waals surface area contributed by atoms with Gasteiger partial charge in [-0.15, -0.1) is 5.10 Å². The molecule has 1 atom stereocenters. The van der Waals surface area contributed by atoms with Gasteiger partial charge in [-0.05, 0) is 60.0 Å². The summed E-state index contributed by atoms with van der Waals surface area (Å²) in [6.07, 6.45) is 2.60. The molecule has 1 aliphatic heterocycles. The summed E-state index contributed by atoms with van der Waals surface area (Å²) in [5.74, 6) is 2.19. The normalized spacial score (nSPS) is 14.6. The summed E-state index contributed by atoms with van der Waals surface area (Å²) in [6.45, 7) is 8.69. The standard InChI is InChI=1S/C38H47N7O4/c1-5-6-22-49-38-40-37(44(26-28-10-14-32(47-3)15-11-28)27-29-12-16-33(48-4)17-13-29)36-39-24-34(45(36)41-38)35(46)31-9-7-8-30(23-31)25-43-20-18-42(2)19-21-43/h7-17,23-24,35,46H,5-6,18-22,25-27H2,1-4H3. The van der Waals surface area contributed by atoms with Crippen LogP contribution in [-0.2, 0) is 19.6 Å². The number of ether oxygens (including phenoxy) is 3. The molecule has 11 nitrogen and oxygen atoms in total. The van der Waals surface area contributed by atoms with Crippen LogP contribution in [0.4, 0.5) is 5.82 Å². The van der Waals surface area contributed by atoms with Gasteiger partial charge in [0.25, 0.3) is 0 Å². The Balaban J connectivity index is 1.37. The number of aromatic nitrogens is 4. The van der Waals surface area contributed by atoms with Crippen molar-refractivity contribution in [2.45, 2.75) is 45.5 Å². The average molecular weight is 666 g/mol. The Labute approximate surface area is 288 Å². The molecule has 0 bridgehead atoms. The number of imidazole rings is 1. The molecule has 6 rings (SSSR count). The maximum atomic E-state index is 11.8.